The van der Waals surface area contributed by atoms with Crippen molar-refractivity contribution < 1.29 is 0 Å². The van der Waals surface area contributed by atoms with Gasteiger partial charge in [0.25, 0.3) is 0 Å². The van der Waals surface area contributed by atoms with E-state index in [0.717, 1.165) is 5.92 Å². The molecule has 2 aliphatic rings. The van der Waals surface area contributed by atoms with Gasteiger partial charge in [-0.2, -0.15) is 0 Å². The summed E-state index contributed by atoms with van der Waals surface area (Å²) in [6, 6.07) is 0. The highest BCUT2D eigenvalue weighted by atomic mass is 14.9. The number of hydrogen-bond acceptors (Lipinski definition) is 2. The summed E-state index contributed by atoms with van der Waals surface area (Å²) in [5.41, 5.74) is 1.09. The van der Waals surface area contributed by atoms with Crippen molar-refractivity contribution in [3.05, 3.63) is 0 Å². The summed E-state index contributed by atoms with van der Waals surface area (Å²) in [7, 11) is 0. The van der Waals surface area contributed by atoms with Crippen LogP contribution in [0.25, 0.3) is 0 Å². The monoisotopic (exact) mass is 252 g/mol. The molecule has 106 valence electrons. The van der Waals surface area contributed by atoms with Gasteiger partial charge in [-0.15, -0.1) is 0 Å². The Bertz CT molecular complexity index is 244. The lowest BCUT2D eigenvalue weighted by Gasteiger charge is -2.43. The molecule has 1 aliphatic carbocycles. The first-order valence-electron chi connectivity index (χ1n) is 7.99. The fraction of sp³-hybridized carbons (Fsp3) is 1.00. The molecule has 1 aliphatic heterocycles. The third-order valence-corrected chi connectivity index (χ3v) is 5.65. The van der Waals surface area contributed by atoms with Gasteiger partial charge in [0.05, 0.1) is 0 Å². The first-order valence-corrected chi connectivity index (χ1v) is 7.99. The molecule has 0 aromatic carbocycles. The van der Waals surface area contributed by atoms with Gasteiger partial charge in [-0.1, -0.05) is 27.2 Å². The van der Waals surface area contributed by atoms with E-state index in [4.69, 9.17) is 0 Å². The average Bonchev–Trinajstić information content (AvgIpc) is 2.34. The predicted octanol–water partition coefficient (Wildman–Crippen LogP) is 3.18. The minimum absolute atomic E-state index is 0.437. The quantitative estimate of drug-likeness (QED) is 0.758. The highest BCUT2D eigenvalue weighted by molar-refractivity contribution is 4.90. The second-order valence-corrected chi connectivity index (χ2v) is 7.34. The van der Waals surface area contributed by atoms with Crippen LogP contribution in [0.4, 0.5) is 0 Å². The SMILES string of the molecule is CCC1(CNCC(C)(C)C2CCCNC2)CCC1. The summed E-state index contributed by atoms with van der Waals surface area (Å²) < 4.78 is 0. The van der Waals surface area contributed by atoms with E-state index in [1.54, 1.807) is 0 Å². The predicted molar refractivity (Wildman–Crippen MR) is 78.8 cm³/mol. The van der Waals surface area contributed by atoms with Crippen molar-refractivity contribution in [1.82, 2.24) is 10.6 Å². The van der Waals surface area contributed by atoms with Crippen LogP contribution in [0.2, 0.25) is 0 Å². The van der Waals surface area contributed by atoms with Gasteiger partial charge in [-0.05, 0) is 61.9 Å². The molecule has 2 N–H and O–H groups in total. The van der Waals surface area contributed by atoms with Gasteiger partial charge in [-0.25, -0.2) is 0 Å². The molecular formula is C16H32N2. The van der Waals surface area contributed by atoms with Crippen LogP contribution >= 0.6 is 0 Å². The van der Waals surface area contributed by atoms with Gasteiger partial charge >= 0.3 is 0 Å². The van der Waals surface area contributed by atoms with Crippen LogP contribution in [-0.2, 0) is 0 Å². The van der Waals surface area contributed by atoms with Crippen molar-refractivity contribution in [2.45, 2.75) is 59.3 Å². The van der Waals surface area contributed by atoms with E-state index in [-0.39, 0.29) is 0 Å². The van der Waals surface area contributed by atoms with Crippen molar-refractivity contribution in [2.24, 2.45) is 16.7 Å². The minimum Gasteiger partial charge on any atom is -0.316 e. The normalized spacial score (nSPS) is 27.8. The molecule has 0 radical (unpaired) electrons. The van der Waals surface area contributed by atoms with Gasteiger partial charge in [-0.3, -0.25) is 0 Å². The van der Waals surface area contributed by atoms with E-state index in [2.05, 4.69) is 31.4 Å². The summed E-state index contributed by atoms with van der Waals surface area (Å²) in [4.78, 5) is 0. The van der Waals surface area contributed by atoms with Gasteiger partial charge in [0, 0.05) is 13.1 Å². The Morgan fingerprint density at radius 2 is 2.06 bits per heavy atom. The lowest BCUT2D eigenvalue weighted by molar-refractivity contribution is 0.106. The van der Waals surface area contributed by atoms with E-state index < -0.39 is 0 Å². The molecule has 0 spiro atoms. The van der Waals surface area contributed by atoms with Crippen molar-refractivity contribution >= 4 is 0 Å². The van der Waals surface area contributed by atoms with Crippen molar-refractivity contribution in [3.8, 4) is 0 Å². The van der Waals surface area contributed by atoms with Gasteiger partial charge in [0.2, 0.25) is 0 Å². The van der Waals surface area contributed by atoms with E-state index in [0.29, 0.717) is 10.8 Å². The third-order valence-electron chi connectivity index (χ3n) is 5.65. The molecule has 1 saturated carbocycles. The Morgan fingerprint density at radius 3 is 2.56 bits per heavy atom. The van der Waals surface area contributed by atoms with E-state index in [1.165, 1.54) is 64.7 Å². The molecule has 0 amide bonds. The minimum atomic E-state index is 0.437. The first-order chi connectivity index (χ1) is 8.58. The Kier molecular flexibility index (Phi) is 4.71. The number of hydrogen-bond donors (Lipinski definition) is 2. The Morgan fingerprint density at radius 1 is 1.28 bits per heavy atom. The highest BCUT2D eigenvalue weighted by Crippen LogP contribution is 2.43. The summed E-state index contributed by atoms with van der Waals surface area (Å²) in [6.07, 6.45) is 8.45. The fourth-order valence-electron chi connectivity index (χ4n) is 3.65. The topological polar surface area (TPSA) is 24.1 Å². The second-order valence-electron chi connectivity index (χ2n) is 7.34. The molecule has 1 unspecified atom stereocenters. The molecule has 0 aromatic heterocycles. The summed E-state index contributed by atoms with van der Waals surface area (Å²) in [5, 5.41) is 7.34. The van der Waals surface area contributed by atoms with Crippen LogP contribution in [0.15, 0.2) is 0 Å². The zero-order valence-corrected chi connectivity index (χ0v) is 12.6. The Labute approximate surface area is 113 Å². The molecule has 2 heteroatoms. The average molecular weight is 252 g/mol. The summed E-state index contributed by atoms with van der Waals surface area (Å²) in [5.74, 6) is 0.845. The smallest absolute Gasteiger partial charge is 0.000793 e. The van der Waals surface area contributed by atoms with Gasteiger partial charge in [0.1, 0.15) is 0 Å². The first kappa shape index (κ1) is 14.3. The van der Waals surface area contributed by atoms with Gasteiger partial charge in [0.15, 0.2) is 0 Å². The fourth-order valence-corrected chi connectivity index (χ4v) is 3.65. The Hall–Kier alpha value is -0.0800. The van der Waals surface area contributed by atoms with Gasteiger partial charge < -0.3 is 10.6 Å². The molecule has 2 rings (SSSR count). The molecule has 18 heavy (non-hydrogen) atoms. The molecule has 0 aromatic rings. The lowest BCUT2D eigenvalue weighted by Crippen LogP contribution is -2.46. The van der Waals surface area contributed by atoms with E-state index in [9.17, 15) is 0 Å². The van der Waals surface area contributed by atoms with Crippen molar-refractivity contribution in [2.75, 3.05) is 26.2 Å². The molecule has 0 bridgehead atoms. The van der Waals surface area contributed by atoms with Crippen LogP contribution < -0.4 is 10.6 Å². The van der Waals surface area contributed by atoms with E-state index in [1.807, 2.05) is 0 Å². The standard InChI is InChI=1S/C16H32N2/c1-4-16(8-6-9-16)13-18-12-15(2,3)14-7-5-10-17-11-14/h14,17-18H,4-13H2,1-3H3. The molecule has 2 nitrogen and oxygen atoms in total. The number of piperidine rings is 1. The van der Waals surface area contributed by atoms with Crippen LogP contribution in [0.1, 0.15) is 59.3 Å². The number of nitrogens with one attached hydrogen (secondary N) is 2. The van der Waals surface area contributed by atoms with Crippen LogP contribution in [0.3, 0.4) is 0 Å². The maximum Gasteiger partial charge on any atom is 0.000793 e. The summed E-state index contributed by atoms with van der Waals surface area (Å²) >= 11 is 0. The maximum absolute atomic E-state index is 3.79. The van der Waals surface area contributed by atoms with E-state index >= 15 is 0 Å². The molecule has 2 fully saturated rings. The van der Waals surface area contributed by atoms with Crippen molar-refractivity contribution in [1.29, 1.82) is 0 Å². The Balaban J connectivity index is 1.74. The van der Waals surface area contributed by atoms with Crippen molar-refractivity contribution in [3.63, 3.8) is 0 Å². The maximum atomic E-state index is 3.79. The zero-order valence-electron chi connectivity index (χ0n) is 12.6. The number of rotatable bonds is 6. The van der Waals surface area contributed by atoms with Crippen LogP contribution in [-0.4, -0.2) is 26.2 Å². The zero-order chi connectivity index (χ0) is 13.1. The van der Waals surface area contributed by atoms with Crippen LogP contribution in [0, 0.1) is 16.7 Å². The lowest BCUT2D eigenvalue weighted by atomic mass is 9.67. The molecule has 1 saturated heterocycles. The third kappa shape index (κ3) is 3.27. The molecule has 1 atom stereocenters. The summed E-state index contributed by atoms with van der Waals surface area (Å²) in [6.45, 7) is 12.1. The highest BCUT2D eigenvalue weighted by Gasteiger charge is 2.36. The molecular weight excluding hydrogens is 220 g/mol. The van der Waals surface area contributed by atoms with Crippen LogP contribution in [0.5, 0.6) is 0 Å². The second kappa shape index (κ2) is 5.92. The largest absolute Gasteiger partial charge is 0.316 e. The molecule has 1 heterocycles.